The fourth-order valence-corrected chi connectivity index (χ4v) is 3.76. The molecule has 4 heteroatoms. The molecule has 0 spiro atoms. The van der Waals surface area contributed by atoms with Gasteiger partial charge in [0.1, 0.15) is 0 Å². The first-order valence-electron chi connectivity index (χ1n) is 5.70. The van der Waals surface area contributed by atoms with E-state index in [0.29, 0.717) is 11.5 Å². The van der Waals surface area contributed by atoms with Crippen LogP contribution in [0.2, 0.25) is 0 Å². The van der Waals surface area contributed by atoms with Gasteiger partial charge in [0.05, 0.1) is 6.42 Å². The Bertz CT molecular complexity index is 424. The third-order valence-corrected chi connectivity index (χ3v) is 4.71. The summed E-state index contributed by atoms with van der Waals surface area (Å²) in [5.74, 6) is 0.273. The van der Waals surface area contributed by atoms with Gasteiger partial charge in [0.2, 0.25) is 0 Å². The van der Waals surface area contributed by atoms with Crippen LogP contribution in [0.5, 0.6) is 0 Å². The van der Waals surface area contributed by atoms with Crippen molar-refractivity contribution < 1.29 is 14.1 Å². The van der Waals surface area contributed by atoms with E-state index in [0.717, 1.165) is 18.4 Å². The van der Waals surface area contributed by atoms with Crippen molar-refractivity contribution in [2.24, 2.45) is 5.41 Å². The van der Waals surface area contributed by atoms with Crippen molar-refractivity contribution in [3.63, 3.8) is 0 Å². The molecule has 0 radical (unpaired) electrons. The minimum Gasteiger partial charge on any atom is -0.481 e. The van der Waals surface area contributed by atoms with Crippen LogP contribution in [0, 0.1) is 5.41 Å². The second-order valence-electron chi connectivity index (χ2n) is 4.78. The smallest absolute Gasteiger partial charge is 0.303 e. The molecule has 1 aromatic carbocycles. The summed E-state index contributed by atoms with van der Waals surface area (Å²) in [4.78, 5) is 10.7. The maximum Gasteiger partial charge on any atom is 0.303 e. The Morgan fingerprint density at radius 2 is 1.94 bits per heavy atom. The largest absolute Gasteiger partial charge is 0.481 e. The van der Waals surface area contributed by atoms with Gasteiger partial charge in [0.15, 0.2) is 0 Å². The standard InChI is InChI=1S/C13H16O3S/c14-12(15)8-13(6-7-13)10-17(16)9-11-4-2-1-3-5-11/h1-5H,6-10H2,(H,14,15). The number of benzene rings is 1. The van der Waals surface area contributed by atoms with Gasteiger partial charge in [-0.25, -0.2) is 0 Å². The summed E-state index contributed by atoms with van der Waals surface area (Å²) in [6.45, 7) is 0. The fourth-order valence-electron chi connectivity index (χ4n) is 2.02. The number of carboxylic acid groups (broad SMARTS) is 1. The summed E-state index contributed by atoms with van der Waals surface area (Å²) < 4.78 is 12.0. The predicted octanol–water partition coefficient (Wildman–Crippen LogP) is 2.19. The molecular weight excluding hydrogens is 236 g/mol. The number of hydrogen-bond donors (Lipinski definition) is 1. The minimum atomic E-state index is -0.958. The lowest BCUT2D eigenvalue weighted by Gasteiger charge is -2.11. The van der Waals surface area contributed by atoms with Crippen LogP contribution in [0.4, 0.5) is 0 Å². The predicted molar refractivity (Wildman–Crippen MR) is 67.1 cm³/mol. The molecule has 1 unspecified atom stereocenters. The molecule has 1 fully saturated rings. The van der Waals surface area contributed by atoms with Crippen LogP contribution < -0.4 is 0 Å². The Morgan fingerprint density at radius 3 is 2.47 bits per heavy atom. The molecule has 1 aromatic rings. The number of carboxylic acids is 1. The van der Waals surface area contributed by atoms with Crippen LogP contribution in [-0.2, 0) is 21.3 Å². The molecule has 1 atom stereocenters. The minimum absolute atomic E-state index is 0.160. The molecule has 1 aliphatic carbocycles. The molecule has 0 amide bonds. The van der Waals surface area contributed by atoms with Crippen LogP contribution in [0.1, 0.15) is 24.8 Å². The first kappa shape index (κ1) is 12.3. The van der Waals surface area contributed by atoms with Gasteiger partial charge in [-0.3, -0.25) is 9.00 Å². The Labute approximate surface area is 103 Å². The Hall–Kier alpha value is -1.16. The lowest BCUT2D eigenvalue weighted by molar-refractivity contribution is -0.138. The molecule has 0 aromatic heterocycles. The molecule has 0 aliphatic heterocycles. The summed E-state index contributed by atoms with van der Waals surface area (Å²) in [6.07, 6.45) is 1.97. The van der Waals surface area contributed by atoms with Gasteiger partial charge in [-0.2, -0.15) is 0 Å². The van der Waals surface area contributed by atoms with Crippen LogP contribution in [0.25, 0.3) is 0 Å². The zero-order valence-corrected chi connectivity index (χ0v) is 10.4. The molecule has 0 bridgehead atoms. The summed E-state index contributed by atoms with van der Waals surface area (Å²) in [5.41, 5.74) is 0.878. The van der Waals surface area contributed by atoms with Crippen LogP contribution in [0.3, 0.4) is 0 Å². The van der Waals surface area contributed by atoms with Crippen molar-refractivity contribution >= 4 is 16.8 Å². The van der Waals surface area contributed by atoms with Crippen molar-refractivity contribution in [1.29, 1.82) is 0 Å². The highest BCUT2D eigenvalue weighted by molar-refractivity contribution is 7.84. The topological polar surface area (TPSA) is 54.4 Å². The highest BCUT2D eigenvalue weighted by Gasteiger charge is 2.45. The Balaban J connectivity index is 1.88. The van der Waals surface area contributed by atoms with Crippen LogP contribution in [0.15, 0.2) is 30.3 Å². The summed E-state index contributed by atoms with van der Waals surface area (Å²) in [7, 11) is -0.958. The Kier molecular flexibility index (Phi) is 3.62. The van der Waals surface area contributed by atoms with Crippen molar-refractivity contribution in [3.8, 4) is 0 Å². The summed E-state index contributed by atoms with van der Waals surface area (Å²) >= 11 is 0. The van der Waals surface area contributed by atoms with Crippen molar-refractivity contribution in [2.45, 2.75) is 25.0 Å². The molecule has 92 valence electrons. The number of hydrogen-bond acceptors (Lipinski definition) is 2. The second-order valence-corrected chi connectivity index (χ2v) is 6.24. The van der Waals surface area contributed by atoms with Crippen molar-refractivity contribution in [3.05, 3.63) is 35.9 Å². The molecule has 17 heavy (non-hydrogen) atoms. The molecular formula is C13H16O3S. The molecule has 1 N–H and O–H groups in total. The molecule has 3 nitrogen and oxygen atoms in total. The van der Waals surface area contributed by atoms with Gasteiger partial charge in [0, 0.05) is 22.3 Å². The highest BCUT2D eigenvalue weighted by Crippen LogP contribution is 2.49. The van der Waals surface area contributed by atoms with Gasteiger partial charge in [-0.15, -0.1) is 0 Å². The van der Waals surface area contributed by atoms with Gasteiger partial charge in [0.25, 0.3) is 0 Å². The van der Waals surface area contributed by atoms with Crippen molar-refractivity contribution in [1.82, 2.24) is 0 Å². The molecule has 1 saturated carbocycles. The van der Waals surface area contributed by atoms with Gasteiger partial charge in [-0.1, -0.05) is 30.3 Å². The van der Waals surface area contributed by atoms with E-state index in [1.54, 1.807) is 0 Å². The zero-order chi connectivity index (χ0) is 12.3. The lowest BCUT2D eigenvalue weighted by atomic mass is 10.1. The van der Waals surface area contributed by atoms with E-state index >= 15 is 0 Å². The average molecular weight is 252 g/mol. The van der Waals surface area contributed by atoms with E-state index in [1.165, 1.54) is 0 Å². The SMILES string of the molecule is O=C(O)CC1(CS(=O)Cc2ccccc2)CC1. The third kappa shape index (κ3) is 3.66. The summed E-state index contributed by atoms with van der Waals surface area (Å²) in [5, 5.41) is 8.79. The first-order chi connectivity index (χ1) is 8.10. The van der Waals surface area contributed by atoms with E-state index in [2.05, 4.69) is 0 Å². The molecule has 0 saturated heterocycles. The second kappa shape index (κ2) is 5.00. The van der Waals surface area contributed by atoms with E-state index in [1.807, 2.05) is 30.3 Å². The normalized spacial score (nSPS) is 18.6. The van der Waals surface area contributed by atoms with E-state index < -0.39 is 16.8 Å². The Morgan fingerprint density at radius 1 is 1.29 bits per heavy atom. The number of carbonyl (C=O) groups is 1. The molecule has 0 heterocycles. The molecule has 2 rings (SSSR count). The number of rotatable bonds is 6. The average Bonchev–Trinajstić information content (AvgIpc) is 2.97. The van der Waals surface area contributed by atoms with Gasteiger partial charge < -0.3 is 5.11 Å². The summed E-state index contributed by atoms with van der Waals surface area (Å²) in [6, 6.07) is 9.69. The fraction of sp³-hybridized carbons (Fsp3) is 0.462. The monoisotopic (exact) mass is 252 g/mol. The maximum atomic E-state index is 12.0. The molecule has 1 aliphatic rings. The van der Waals surface area contributed by atoms with Crippen LogP contribution >= 0.6 is 0 Å². The number of aliphatic carboxylic acids is 1. The van der Waals surface area contributed by atoms with E-state index in [4.69, 9.17) is 5.11 Å². The van der Waals surface area contributed by atoms with Gasteiger partial charge in [-0.05, 0) is 23.8 Å². The first-order valence-corrected chi connectivity index (χ1v) is 7.19. The van der Waals surface area contributed by atoms with Crippen LogP contribution in [-0.4, -0.2) is 21.0 Å². The third-order valence-electron chi connectivity index (χ3n) is 3.12. The van der Waals surface area contributed by atoms with Gasteiger partial charge >= 0.3 is 5.97 Å². The van der Waals surface area contributed by atoms with E-state index in [-0.39, 0.29) is 11.8 Å². The van der Waals surface area contributed by atoms with E-state index in [9.17, 15) is 9.00 Å². The quantitative estimate of drug-likeness (QED) is 0.844. The lowest BCUT2D eigenvalue weighted by Crippen LogP contribution is -2.17. The maximum absolute atomic E-state index is 12.0. The highest BCUT2D eigenvalue weighted by atomic mass is 32.2. The zero-order valence-electron chi connectivity index (χ0n) is 9.59. The van der Waals surface area contributed by atoms with Crippen molar-refractivity contribution in [2.75, 3.05) is 5.75 Å².